The Labute approximate surface area is 119 Å². The molecule has 1 aromatic heterocycles. The van der Waals surface area contributed by atoms with Crippen LogP contribution in [-0.4, -0.2) is 33.1 Å². The number of carbonyl (C=O) groups is 1. The average molecular weight is 280 g/mol. The van der Waals surface area contributed by atoms with Crippen LogP contribution in [0.2, 0.25) is 0 Å². The smallest absolute Gasteiger partial charge is 0.315 e. The summed E-state index contributed by atoms with van der Waals surface area (Å²) in [5.74, 6) is 0. The summed E-state index contributed by atoms with van der Waals surface area (Å²) in [4.78, 5) is 11.9. The highest BCUT2D eigenvalue weighted by molar-refractivity contribution is 5.74. The van der Waals surface area contributed by atoms with E-state index in [0.29, 0.717) is 6.54 Å². The van der Waals surface area contributed by atoms with Gasteiger partial charge in [0, 0.05) is 25.4 Å². The maximum atomic E-state index is 11.9. The minimum atomic E-state index is -0.418. The fourth-order valence-corrected chi connectivity index (χ4v) is 2.70. The monoisotopic (exact) mass is 280 g/mol. The van der Waals surface area contributed by atoms with Gasteiger partial charge in [-0.1, -0.05) is 19.8 Å². The molecule has 6 heteroatoms. The largest absolute Gasteiger partial charge is 0.391 e. The van der Waals surface area contributed by atoms with Crippen LogP contribution in [0.4, 0.5) is 4.79 Å². The molecule has 6 nitrogen and oxygen atoms in total. The van der Waals surface area contributed by atoms with Crippen molar-refractivity contribution in [3.63, 3.8) is 0 Å². The molecule has 112 valence electrons. The summed E-state index contributed by atoms with van der Waals surface area (Å²) in [6.07, 6.45) is 6.07. The van der Waals surface area contributed by atoms with Gasteiger partial charge in [0.15, 0.2) is 0 Å². The van der Waals surface area contributed by atoms with Gasteiger partial charge in [-0.2, -0.15) is 5.10 Å². The van der Waals surface area contributed by atoms with Crippen LogP contribution in [-0.2, 0) is 20.0 Å². The Bertz CT molecular complexity index is 458. The average Bonchev–Trinajstić information content (AvgIpc) is 2.79. The summed E-state index contributed by atoms with van der Waals surface area (Å²) in [5, 5.41) is 19.9. The molecule has 2 amide bonds. The zero-order chi connectivity index (χ0) is 14.5. The Hall–Kier alpha value is -1.56. The van der Waals surface area contributed by atoms with Crippen LogP contribution in [0.1, 0.15) is 43.9 Å². The Morgan fingerprint density at radius 1 is 1.50 bits per heavy atom. The number of aryl methyl sites for hydroxylation is 2. The van der Waals surface area contributed by atoms with Crippen LogP contribution in [0, 0.1) is 0 Å². The summed E-state index contributed by atoms with van der Waals surface area (Å²) in [5.41, 5.74) is 2.04. The first-order chi connectivity index (χ1) is 9.60. The van der Waals surface area contributed by atoms with Crippen molar-refractivity contribution in [2.45, 2.75) is 57.7 Å². The molecule has 1 saturated carbocycles. The number of hydrogen-bond acceptors (Lipinski definition) is 3. The summed E-state index contributed by atoms with van der Waals surface area (Å²) in [6, 6.07) is -0.342. The van der Waals surface area contributed by atoms with E-state index in [1.165, 1.54) is 0 Å². The molecule has 3 N–H and O–H groups in total. The maximum Gasteiger partial charge on any atom is 0.315 e. The van der Waals surface area contributed by atoms with Crippen molar-refractivity contribution in [1.82, 2.24) is 20.4 Å². The van der Waals surface area contributed by atoms with Gasteiger partial charge in [0.2, 0.25) is 0 Å². The number of aliphatic hydroxyl groups excluding tert-OH is 1. The van der Waals surface area contributed by atoms with Gasteiger partial charge in [-0.05, 0) is 19.3 Å². The molecule has 1 aliphatic carbocycles. The molecule has 20 heavy (non-hydrogen) atoms. The molecule has 0 aliphatic heterocycles. The molecule has 1 aromatic rings. The van der Waals surface area contributed by atoms with E-state index < -0.39 is 6.10 Å². The highest BCUT2D eigenvalue weighted by Gasteiger charge is 2.24. The molecular formula is C14H24N4O2. The number of aromatic nitrogens is 2. The molecule has 0 spiro atoms. The predicted molar refractivity (Wildman–Crippen MR) is 76.2 cm³/mol. The van der Waals surface area contributed by atoms with Crippen LogP contribution < -0.4 is 10.6 Å². The Morgan fingerprint density at radius 3 is 2.95 bits per heavy atom. The number of aliphatic hydroxyl groups is 1. The van der Waals surface area contributed by atoms with Gasteiger partial charge < -0.3 is 15.7 Å². The predicted octanol–water partition coefficient (Wildman–Crippen LogP) is 1.09. The lowest BCUT2D eigenvalue weighted by molar-refractivity contribution is 0.0943. The quantitative estimate of drug-likeness (QED) is 0.772. The second-order valence-corrected chi connectivity index (χ2v) is 5.41. The highest BCUT2D eigenvalue weighted by Crippen LogP contribution is 2.18. The zero-order valence-electron chi connectivity index (χ0n) is 12.2. The third kappa shape index (κ3) is 3.72. The SMILES string of the molecule is CCc1nn(C)cc1CNC(=O)NC1CCCCC1O. The van der Waals surface area contributed by atoms with Gasteiger partial charge in [-0.25, -0.2) is 4.79 Å². The van der Waals surface area contributed by atoms with Crippen LogP contribution in [0.5, 0.6) is 0 Å². The van der Waals surface area contributed by atoms with Crippen molar-refractivity contribution in [2.24, 2.45) is 7.05 Å². The fraction of sp³-hybridized carbons (Fsp3) is 0.714. The van der Waals surface area contributed by atoms with E-state index in [0.717, 1.165) is 43.4 Å². The van der Waals surface area contributed by atoms with E-state index in [4.69, 9.17) is 0 Å². The van der Waals surface area contributed by atoms with E-state index >= 15 is 0 Å². The zero-order valence-corrected chi connectivity index (χ0v) is 12.2. The summed E-state index contributed by atoms with van der Waals surface area (Å²) in [7, 11) is 1.88. The standard InChI is InChI=1S/C14H24N4O2/c1-3-11-10(9-18(2)17-11)8-15-14(20)16-12-6-4-5-7-13(12)19/h9,12-13,19H,3-8H2,1-2H3,(H2,15,16,20). The van der Waals surface area contributed by atoms with Crippen LogP contribution in [0.3, 0.4) is 0 Å². The molecule has 0 bridgehead atoms. The van der Waals surface area contributed by atoms with E-state index in [2.05, 4.69) is 15.7 Å². The molecule has 2 unspecified atom stereocenters. The molecule has 0 aromatic carbocycles. The van der Waals surface area contributed by atoms with E-state index in [1.807, 2.05) is 20.2 Å². The number of nitrogens with zero attached hydrogens (tertiary/aromatic N) is 2. The number of carbonyl (C=O) groups excluding carboxylic acids is 1. The van der Waals surface area contributed by atoms with Gasteiger partial charge in [-0.15, -0.1) is 0 Å². The molecule has 1 heterocycles. The van der Waals surface area contributed by atoms with Crippen molar-refractivity contribution in [3.05, 3.63) is 17.5 Å². The second-order valence-electron chi connectivity index (χ2n) is 5.41. The number of nitrogens with one attached hydrogen (secondary N) is 2. The normalized spacial score (nSPS) is 22.6. The molecule has 1 fully saturated rings. The van der Waals surface area contributed by atoms with Gasteiger partial charge in [0.25, 0.3) is 0 Å². The van der Waals surface area contributed by atoms with Crippen molar-refractivity contribution in [1.29, 1.82) is 0 Å². The van der Waals surface area contributed by atoms with Gasteiger partial charge in [0.05, 0.1) is 17.8 Å². The van der Waals surface area contributed by atoms with Crippen LogP contribution in [0.15, 0.2) is 6.20 Å². The molecule has 1 aliphatic rings. The molecule has 0 radical (unpaired) electrons. The Morgan fingerprint density at radius 2 is 2.25 bits per heavy atom. The van der Waals surface area contributed by atoms with E-state index in [-0.39, 0.29) is 12.1 Å². The van der Waals surface area contributed by atoms with Crippen molar-refractivity contribution in [3.8, 4) is 0 Å². The minimum Gasteiger partial charge on any atom is -0.391 e. The Kier molecular flexibility index (Phi) is 5.00. The molecular weight excluding hydrogens is 256 g/mol. The maximum absolute atomic E-state index is 11.9. The highest BCUT2D eigenvalue weighted by atomic mass is 16.3. The third-order valence-corrected chi connectivity index (χ3v) is 3.81. The fourth-order valence-electron chi connectivity index (χ4n) is 2.70. The second kappa shape index (κ2) is 6.74. The first-order valence-corrected chi connectivity index (χ1v) is 7.34. The first kappa shape index (κ1) is 14.8. The van der Waals surface area contributed by atoms with Crippen molar-refractivity contribution in [2.75, 3.05) is 0 Å². The number of urea groups is 1. The number of amides is 2. The lowest BCUT2D eigenvalue weighted by Gasteiger charge is -2.28. The third-order valence-electron chi connectivity index (χ3n) is 3.81. The van der Waals surface area contributed by atoms with Gasteiger partial charge >= 0.3 is 6.03 Å². The van der Waals surface area contributed by atoms with Crippen LogP contribution in [0.25, 0.3) is 0 Å². The van der Waals surface area contributed by atoms with Crippen LogP contribution >= 0.6 is 0 Å². The summed E-state index contributed by atoms with van der Waals surface area (Å²) in [6.45, 7) is 2.51. The molecule has 2 rings (SSSR count). The van der Waals surface area contributed by atoms with E-state index in [9.17, 15) is 9.90 Å². The summed E-state index contributed by atoms with van der Waals surface area (Å²) >= 11 is 0. The van der Waals surface area contributed by atoms with Gasteiger partial charge in [0.1, 0.15) is 0 Å². The lowest BCUT2D eigenvalue weighted by Crippen LogP contribution is -2.48. The number of rotatable bonds is 4. The summed E-state index contributed by atoms with van der Waals surface area (Å²) < 4.78 is 1.76. The Balaban J connectivity index is 1.82. The molecule has 0 saturated heterocycles. The first-order valence-electron chi connectivity index (χ1n) is 7.34. The van der Waals surface area contributed by atoms with E-state index in [1.54, 1.807) is 4.68 Å². The topological polar surface area (TPSA) is 79.2 Å². The van der Waals surface area contributed by atoms with Crippen molar-refractivity contribution < 1.29 is 9.90 Å². The number of hydrogen-bond donors (Lipinski definition) is 3. The van der Waals surface area contributed by atoms with Gasteiger partial charge in [-0.3, -0.25) is 4.68 Å². The van der Waals surface area contributed by atoms with Crippen molar-refractivity contribution >= 4 is 6.03 Å². The lowest BCUT2D eigenvalue weighted by atomic mass is 9.93. The molecule has 2 atom stereocenters. The minimum absolute atomic E-state index is 0.122.